The smallest absolute Gasteiger partial charge is 0.244 e. The van der Waals surface area contributed by atoms with Crippen molar-refractivity contribution in [3.05, 3.63) is 94.5 Å². The first kappa shape index (κ1) is 31.2. The number of anilines is 1. The number of halogens is 1. The van der Waals surface area contributed by atoms with Crippen LogP contribution in [0.1, 0.15) is 25.0 Å². The van der Waals surface area contributed by atoms with Gasteiger partial charge in [0.2, 0.25) is 21.8 Å². The molecule has 1 N–H and O–H groups in total. The molecule has 0 aliphatic carbocycles. The Bertz CT molecular complexity index is 1380. The Hall–Kier alpha value is -3.37. The maximum absolute atomic E-state index is 14.1. The number of amides is 2. The van der Waals surface area contributed by atoms with Gasteiger partial charge < -0.3 is 15.0 Å². The van der Waals surface area contributed by atoms with Crippen LogP contribution < -0.4 is 14.4 Å². The van der Waals surface area contributed by atoms with Crippen LogP contribution in [-0.2, 0) is 32.6 Å². The zero-order valence-corrected chi connectivity index (χ0v) is 25.6. The van der Waals surface area contributed by atoms with Gasteiger partial charge >= 0.3 is 0 Å². The van der Waals surface area contributed by atoms with Crippen LogP contribution in [0.5, 0.6) is 5.75 Å². The molecule has 0 heterocycles. The van der Waals surface area contributed by atoms with Gasteiger partial charge in [-0.25, -0.2) is 8.42 Å². The minimum atomic E-state index is -3.84. The fraction of sp³-hybridized carbons (Fsp3) is 0.333. The fourth-order valence-corrected chi connectivity index (χ4v) is 5.47. The minimum Gasteiger partial charge on any atom is -0.497 e. The highest BCUT2D eigenvalue weighted by atomic mass is 79.9. The Labute approximate surface area is 245 Å². The number of carbonyl (C=O) groups excluding carboxylic acids is 2. The lowest BCUT2D eigenvalue weighted by Crippen LogP contribution is -2.53. The van der Waals surface area contributed by atoms with Crippen LogP contribution in [0.3, 0.4) is 0 Å². The van der Waals surface area contributed by atoms with Crippen LogP contribution in [0.4, 0.5) is 5.69 Å². The van der Waals surface area contributed by atoms with E-state index in [4.69, 9.17) is 4.74 Å². The van der Waals surface area contributed by atoms with E-state index in [-0.39, 0.29) is 24.8 Å². The molecule has 0 aliphatic rings. The Morgan fingerprint density at radius 3 is 2.17 bits per heavy atom. The molecule has 3 aromatic rings. The van der Waals surface area contributed by atoms with Crippen molar-refractivity contribution >= 4 is 43.5 Å². The highest BCUT2D eigenvalue weighted by molar-refractivity contribution is 9.10. The van der Waals surface area contributed by atoms with Gasteiger partial charge in [-0.1, -0.05) is 72.2 Å². The average molecular weight is 631 g/mol. The monoisotopic (exact) mass is 629 g/mol. The normalized spacial score (nSPS) is 12.1. The summed E-state index contributed by atoms with van der Waals surface area (Å²) in [5.41, 5.74) is 2.00. The van der Waals surface area contributed by atoms with Crippen molar-refractivity contribution < 1.29 is 22.7 Å². The molecule has 0 bridgehead atoms. The first-order valence-electron chi connectivity index (χ1n) is 12.9. The number of nitrogens with one attached hydrogen (secondary N) is 1. The van der Waals surface area contributed by atoms with Gasteiger partial charge in [-0.2, -0.15) is 0 Å². The van der Waals surface area contributed by atoms with Gasteiger partial charge in [0.1, 0.15) is 18.3 Å². The van der Waals surface area contributed by atoms with Gasteiger partial charge in [0.25, 0.3) is 0 Å². The van der Waals surface area contributed by atoms with Gasteiger partial charge in [-0.15, -0.1) is 0 Å². The summed E-state index contributed by atoms with van der Waals surface area (Å²) in [7, 11) is -2.32. The zero-order chi connectivity index (χ0) is 29.3. The topological polar surface area (TPSA) is 96.0 Å². The molecule has 40 heavy (non-hydrogen) atoms. The van der Waals surface area contributed by atoms with Gasteiger partial charge in [0.15, 0.2) is 0 Å². The number of carbonyl (C=O) groups is 2. The quantitative estimate of drug-likeness (QED) is 0.297. The molecule has 8 nitrogen and oxygen atoms in total. The number of sulfonamides is 1. The molecule has 3 rings (SSSR count). The van der Waals surface area contributed by atoms with Crippen molar-refractivity contribution in [1.29, 1.82) is 0 Å². The molecule has 2 amide bonds. The number of hydrogen-bond donors (Lipinski definition) is 1. The third-order valence-electron chi connectivity index (χ3n) is 6.24. The van der Waals surface area contributed by atoms with Gasteiger partial charge in [-0.05, 0) is 53.4 Å². The van der Waals surface area contributed by atoms with Crippen molar-refractivity contribution in [2.45, 2.75) is 32.9 Å². The third-order valence-corrected chi connectivity index (χ3v) is 7.87. The number of ether oxygens (including phenoxy) is 1. The van der Waals surface area contributed by atoms with Crippen LogP contribution in [0.2, 0.25) is 0 Å². The molecule has 0 radical (unpaired) electrons. The first-order valence-corrected chi connectivity index (χ1v) is 15.6. The van der Waals surface area contributed by atoms with E-state index < -0.39 is 28.5 Å². The van der Waals surface area contributed by atoms with E-state index in [0.717, 1.165) is 26.2 Å². The standard InChI is InChI=1S/C30H36BrN3O5S/c1-22(2)19-32-30(36)28(18-23-9-6-5-7-10-23)33(20-24-11-8-12-25(31)17-24)29(35)21-34(40(4,37)38)26-13-15-27(39-3)16-14-26/h5-17,22,28H,18-21H2,1-4H3,(H,32,36)/t28-/m1/s1. The number of methoxy groups -OCH3 is 1. The highest BCUT2D eigenvalue weighted by Gasteiger charge is 2.33. The van der Waals surface area contributed by atoms with E-state index in [1.807, 2.05) is 68.4 Å². The van der Waals surface area contributed by atoms with Gasteiger partial charge in [-0.3, -0.25) is 13.9 Å². The van der Waals surface area contributed by atoms with Crippen LogP contribution >= 0.6 is 15.9 Å². The minimum absolute atomic E-state index is 0.116. The summed E-state index contributed by atoms with van der Waals surface area (Å²) in [5.74, 6) is -0.0194. The highest BCUT2D eigenvalue weighted by Crippen LogP contribution is 2.23. The van der Waals surface area contributed by atoms with E-state index in [1.165, 1.54) is 12.0 Å². The first-order chi connectivity index (χ1) is 19.0. The second-order valence-corrected chi connectivity index (χ2v) is 12.8. The second kappa shape index (κ2) is 14.3. The Balaban J connectivity index is 2.03. The van der Waals surface area contributed by atoms with Crippen LogP contribution in [0.25, 0.3) is 0 Å². The summed E-state index contributed by atoms with van der Waals surface area (Å²) < 4.78 is 32.8. The molecule has 3 aromatic carbocycles. The molecular weight excluding hydrogens is 594 g/mol. The SMILES string of the molecule is COc1ccc(N(CC(=O)N(Cc2cccc(Br)c2)[C@H](Cc2ccccc2)C(=O)NCC(C)C)S(C)(=O)=O)cc1. The predicted molar refractivity (Wildman–Crippen MR) is 162 cm³/mol. The summed E-state index contributed by atoms with van der Waals surface area (Å²) >= 11 is 3.48. The predicted octanol–water partition coefficient (Wildman–Crippen LogP) is 4.64. The zero-order valence-electron chi connectivity index (χ0n) is 23.2. The van der Waals surface area contributed by atoms with Crippen molar-refractivity contribution in [2.24, 2.45) is 5.92 Å². The lowest BCUT2D eigenvalue weighted by atomic mass is 10.0. The van der Waals surface area contributed by atoms with Crippen LogP contribution in [-0.4, -0.2) is 57.6 Å². The van der Waals surface area contributed by atoms with Crippen molar-refractivity contribution in [2.75, 3.05) is 30.8 Å². The third kappa shape index (κ3) is 9.09. The molecular formula is C30H36BrN3O5S. The Morgan fingerprint density at radius 1 is 0.950 bits per heavy atom. The Morgan fingerprint density at radius 2 is 1.60 bits per heavy atom. The largest absolute Gasteiger partial charge is 0.497 e. The second-order valence-electron chi connectivity index (χ2n) is 9.96. The molecule has 0 unspecified atom stereocenters. The molecule has 0 fully saturated rings. The van der Waals surface area contributed by atoms with Gasteiger partial charge in [0, 0.05) is 24.0 Å². The lowest BCUT2D eigenvalue weighted by Gasteiger charge is -2.33. The maximum atomic E-state index is 14.1. The molecule has 0 aromatic heterocycles. The number of rotatable bonds is 13. The van der Waals surface area contributed by atoms with Gasteiger partial charge in [0.05, 0.1) is 19.1 Å². The molecule has 1 atom stereocenters. The van der Waals surface area contributed by atoms with Crippen LogP contribution in [0, 0.1) is 5.92 Å². The van der Waals surface area contributed by atoms with Crippen molar-refractivity contribution in [3.8, 4) is 5.75 Å². The molecule has 0 saturated heterocycles. The van der Waals surface area contributed by atoms with E-state index in [2.05, 4.69) is 21.2 Å². The maximum Gasteiger partial charge on any atom is 0.244 e. The molecule has 0 saturated carbocycles. The average Bonchev–Trinajstić information content (AvgIpc) is 2.92. The number of hydrogen-bond acceptors (Lipinski definition) is 5. The van der Waals surface area contributed by atoms with Crippen molar-refractivity contribution in [3.63, 3.8) is 0 Å². The molecule has 10 heteroatoms. The number of benzene rings is 3. The summed E-state index contributed by atoms with van der Waals surface area (Å²) in [6, 6.07) is 22.5. The van der Waals surface area contributed by atoms with E-state index in [9.17, 15) is 18.0 Å². The summed E-state index contributed by atoms with van der Waals surface area (Å²) in [6.07, 6.45) is 1.33. The lowest BCUT2D eigenvalue weighted by molar-refractivity contribution is -0.140. The Kier molecular flexibility index (Phi) is 11.2. The summed E-state index contributed by atoms with van der Waals surface area (Å²) in [4.78, 5) is 29.2. The molecule has 0 aliphatic heterocycles. The summed E-state index contributed by atoms with van der Waals surface area (Å²) in [5, 5.41) is 2.98. The van der Waals surface area contributed by atoms with E-state index in [1.54, 1.807) is 24.3 Å². The fourth-order valence-electron chi connectivity index (χ4n) is 4.17. The van der Waals surface area contributed by atoms with E-state index >= 15 is 0 Å². The van der Waals surface area contributed by atoms with E-state index in [0.29, 0.717) is 18.0 Å². The summed E-state index contributed by atoms with van der Waals surface area (Å²) in [6.45, 7) is 4.09. The number of nitrogens with zero attached hydrogens (tertiary/aromatic N) is 2. The van der Waals surface area contributed by atoms with Crippen molar-refractivity contribution in [1.82, 2.24) is 10.2 Å². The molecule has 0 spiro atoms. The van der Waals surface area contributed by atoms with Crippen LogP contribution in [0.15, 0.2) is 83.3 Å². The molecule has 214 valence electrons.